The zero-order valence-corrected chi connectivity index (χ0v) is 11.5. The second kappa shape index (κ2) is 5.37. The van der Waals surface area contributed by atoms with Crippen LogP contribution < -0.4 is 0 Å². The van der Waals surface area contributed by atoms with Crippen LogP contribution in [-0.2, 0) is 0 Å². The minimum Gasteiger partial charge on any atom is -0.0628 e. The molecular weight excluding hydrogens is 180 g/mol. The zero-order chi connectivity index (χ0) is 11.5. The standard InChI is InChI=1S/C15H30/c1-12(2)10-11-15(4,5)14-8-6-13(3)7-9-14/h12-14H,6-11H2,1-5H3. The quantitative estimate of drug-likeness (QED) is 0.592. The van der Waals surface area contributed by atoms with Gasteiger partial charge in [-0.3, -0.25) is 0 Å². The molecule has 0 aromatic carbocycles. The molecule has 15 heavy (non-hydrogen) atoms. The van der Waals surface area contributed by atoms with Gasteiger partial charge in [0.2, 0.25) is 0 Å². The first kappa shape index (κ1) is 13.1. The fourth-order valence-electron chi connectivity index (χ4n) is 2.91. The van der Waals surface area contributed by atoms with Crippen molar-refractivity contribution < 1.29 is 0 Å². The highest BCUT2D eigenvalue weighted by Gasteiger charge is 2.31. The van der Waals surface area contributed by atoms with Gasteiger partial charge in [0.05, 0.1) is 0 Å². The molecule has 1 aliphatic carbocycles. The second-order valence-corrected chi connectivity index (χ2v) is 6.88. The smallest absolute Gasteiger partial charge is 0.0326 e. The first-order chi connectivity index (χ1) is 6.92. The average molecular weight is 210 g/mol. The number of hydrogen-bond acceptors (Lipinski definition) is 0. The summed E-state index contributed by atoms with van der Waals surface area (Å²) in [5, 5.41) is 0. The molecular formula is C15H30. The van der Waals surface area contributed by atoms with Crippen molar-refractivity contribution in [2.45, 2.75) is 73.1 Å². The Balaban J connectivity index is 2.39. The van der Waals surface area contributed by atoms with Gasteiger partial charge in [-0.1, -0.05) is 53.9 Å². The molecule has 0 saturated heterocycles. The summed E-state index contributed by atoms with van der Waals surface area (Å²) in [6, 6.07) is 0. The van der Waals surface area contributed by atoms with E-state index >= 15 is 0 Å². The van der Waals surface area contributed by atoms with E-state index < -0.39 is 0 Å². The van der Waals surface area contributed by atoms with Crippen LogP contribution in [0.2, 0.25) is 0 Å². The lowest BCUT2D eigenvalue weighted by Gasteiger charge is -2.39. The monoisotopic (exact) mass is 210 g/mol. The first-order valence-corrected chi connectivity index (χ1v) is 6.92. The molecule has 0 aliphatic heterocycles. The largest absolute Gasteiger partial charge is 0.0628 e. The molecule has 1 rings (SSSR count). The van der Waals surface area contributed by atoms with Crippen LogP contribution in [0.3, 0.4) is 0 Å². The molecule has 1 saturated carbocycles. The molecule has 0 nitrogen and oxygen atoms in total. The summed E-state index contributed by atoms with van der Waals surface area (Å²) in [6.45, 7) is 12.1. The van der Waals surface area contributed by atoms with Crippen LogP contribution in [0.25, 0.3) is 0 Å². The summed E-state index contributed by atoms with van der Waals surface area (Å²) < 4.78 is 0. The maximum absolute atomic E-state index is 2.50. The van der Waals surface area contributed by atoms with Gasteiger partial charge in [-0.15, -0.1) is 0 Å². The Labute approximate surface area is 96.8 Å². The fraction of sp³-hybridized carbons (Fsp3) is 1.00. The van der Waals surface area contributed by atoms with Gasteiger partial charge in [-0.25, -0.2) is 0 Å². The van der Waals surface area contributed by atoms with Crippen molar-refractivity contribution in [2.24, 2.45) is 23.2 Å². The highest BCUT2D eigenvalue weighted by Crippen LogP contribution is 2.43. The predicted octanol–water partition coefficient (Wildman–Crippen LogP) is 5.28. The Hall–Kier alpha value is 0. The minimum atomic E-state index is 0.588. The topological polar surface area (TPSA) is 0 Å². The van der Waals surface area contributed by atoms with Crippen LogP contribution in [0.1, 0.15) is 73.1 Å². The lowest BCUT2D eigenvalue weighted by atomic mass is 9.67. The molecule has 0 aromatic heterocycles. The summed E-state index contributed by atoms with van der Waals surface area (Å²) in [4.78, 5) is 0. The van der Waals surface area contributed by atoms with Crippen LogP contribution in [0.5, 0.6) is 0 Å². The van der Waals surface area contributed by atoms with Crippen LogP contribution in [0, 0.1) is 23.2 Å². The lowest BCUT2D eigenvalue weighted by Crippen LogP contribution is -2.28. The highest BCUT2D eigenvalue weighted by molar-refractivity contribution is 4.82. The maximum atomic E-state index is 2.50. The second-order valence-electron chi connectivity index (χ2n) is 6.88. The van der Waals surface area contributed by atoms with E-state index in [9.17, 15) is 0 Å². The molecule has 90 valence electrons. The van der Waals surface area contributed by atoms with Crippen LogP contribution in [0.4, 0.5) is 0 Å². The summed E-state index contributed by atoms with van der Waals surface area (Å²) in [6.07, 6.45) is 8.72. The van der Waals surface area contributed by atoms with Crippen molar-refractivity contribution in [3.8, 4) is 0 Å². The van der Waals surface area contributed by atoms with Gasteiger partial charge in [0, 0.05) is 0 Å². The first-order valence-electron chi connectivity index (χ1n) is 6.92. The molecule has 0 unspecified atom stereocenters. The molecule has 0 aromatic rings. The Morgan fingerprint density at radius 1 is 1.07 bits per heavy atom. The molecule has 0 atom stereocenters. The summed E-state index contributed by atoms with van der Waals surface area (Å²) in [5.41, 5.74) is 0.588. The third kappa shape index (κ3) is 4.17. The van der Waals surface area contributed by atoms with Crippen molar-refractivity contribution in [2.75, 3.05) is 0 Å². The van der Waals surface area contributed by atoms with Crippen molar-refractivity contribution >= 4 is 0 Å². The van der Waals surface area contributed by atoms with Crippen LogP contribution in [-0.4, -0.2) is 0 Å². The Kier molecular flexibility index (Phi) is 4.67. The third-order valence-electron chi connectivity index (χ3n) is 4.49. The molecule has 0 heteroatoms. The zero-order valence-electron chi connectivity index (χ0n) is 11.5. The third-order valence-corrected chi connectivity index (χ3v) is 4.49. The van der Waals surface area contributed by atoms with Crippen molar-refractivity contribution in [3.63, 3.8) is 0 Å². The summed E-state index contributed by atoms with van der Waals surface area (Å²) >= 11 is 0. The number of rotatable bonds is 4. The summed E-state index contributed by atoms with van der Waals surface area (Å²) in [5.74, 6) is 2.85. The van der Waals surface area contributed by atoms with Gasteiger partial charge < -0.3 is 0 Å². The van der Waals surface area contributed by atoms with Gasteiger partial charge in [0.15, 0.2) is 0 Å². The highest BCUT2D eigenvalue weighted by atomic mass is 14.4. The van der Waals surface area contributed by atoms with Crippen molar-refractivity contribution in [3.05, 3.63) is 0 Å². The predicted molar refractivity (Wildman–Crippen MR) is 69.0 cm³/mol. The molecule has 0 radical (unpaired) electrons. The van der Waals surface area contributed by atoms with E-state index in [-0.39, 0.29) is 0 Å². The van der Waals surface area contributed by atoms with E-state index in [1.807, 2.05) is 0 Å². The van der Waals surface area contributed by atoms with Gasteiger partial charge in [-0.05, 0) is 42.4 Å². The fourth-order valence-corrected chi connectivity index (χ4v) is 2.91. The van der Waals surface area contributed by atoms with E-state index in [1.165, 1.54) is 38.5 Å². The average Bonchev–Trinajstić information content (AvgIpc) is 2.16. The van der Waals surface area contributed by atoms with E-state index in [2.05, 4.69) is 34.6 Å². The molecule has 1 fully saturated rings. The van der Waals surface area contributed by atoms with E-state index in [4.69, 9.17) is 0 Å². The molecule has 0 heterocycles. The number of hydrogen-bond donors (Lipinski definition) is 0. The Morgan fingerprint density at radius 2 is 1.60 bits per heavy atom. The Morgan fingerprint density at radius 3 is 2.07 bits per heavy atom. The SMILES string of the molecule is CC(C)CCC(C)(C)C1CCC(C)CC1. The van der Waals surface area contributed by atoms with Crippen molar-refractivity contribution in [1.29, 1.82) is 0 Å². The molecule has 1 aliphatic rings. The van der Waals surface area contributed by atoms with E-state index in [1.54, 1.807) is 0 Å². The Bertz CT molecular complexity index is 170. The van der Waals surface area contributed by atoms with Gasteiger partial charge >= 0.3 is 0 Å². The van der Waals surface area contributed by atoms with Crippen molar-refractivity contribution in [1.82, 2.24) is 0 Å². The van der Waals surface area contributed by atoms with E-state index in [0.717, 1.165) is 17.8 Å². The van der Waals surface area contributed by atoms with Gasteiger partial charge in [0.1, 0.15) is 0 Å². The normalized spacial score (nSPS) is 28.4. The van der Waals surface area contributed by atoms with Crippen LogP contribution in [0.15, 0.2) is 0 Å². The van der Waals surface area contributed by atoms with Gasteiger partial charge in [0.25, 0.3) is 0 Å². The summed E-state index contributed by atoms with van der Waals surface area (Å²) in [7, 11) is 0. The molecule has 0 N–H and O–H groups in total. The minimum absolute atomic E-state index is 0.588. The molecule has 0 amide bonds. The maximum Gasteiger partial charge on any atom is -0.0326 e. The van der Waals surface area contributed by atoms with Crippen LogP contribution >= 0.6 is 0 Å². The van der Waals surface area contributed by atoms with Gasteiger partial charge in [-0.2, -0.15) is 0 Å². The van der Waals surface area contributed by atoms with E-state index in [0.29, 0.717) is 5.41 Å². The molecule has 0 bridgehead atoms. The lowest BCUT2D eigenvalue weighted by molar-refractivity contribution is 0.120. The molecule has 0 spiro atoms.